The van der Waals surface area contributed by atoms with Crippen LogP contribution in [0.5, 0.6) is 0 Å². The molecule has 5 nitrogen and oxygen atoms in total. The number of hydrogen-bond acceptors (Lipinski definition) is 5. The van der Waals surface area contributed by atoms with Crippen molar-refractivity contribution in [2.75, 3.05) is 24.2 Å². The molecule has 0 aliphatic rings. The average Bonchev–Trinajstić information content (AvgIpc) is 2.68. The van der Waals surface area contributed by atoms with Crippen LogP contribution in [-0.4, -0.2) is 23.2 Å². The fourth-order valence-corrected chi connectivity index (χ4v) is 1.39. The molecule has 0 fully saturated rings. The standard InChI is InChI=1S/C12H17N3O2/c1-12(2,7-16)6-14-11-15-9-5-8(13)3-4-10(9)17-11/h3-5,16H,6-7,13H2,1-2H3,(H,14,15). The molecule has 1 heterocycles. The van der Waals surface area contributed by atoms with Crippen LogP contribution in [0.25, 0.3) is 11.1 Å². The number of fused-ring (bicyclic) bond motifs is 1. The third kappa shape index (κ3) is 2.68. The number of nitrogens with one attached hydrogen (secondary N) is 1. The SMILES string of the molecule is CC(C)(CO)CNc1nc2cc(N)ccc2o1. The molecule has 0 amide bonds. The van der Waals surface area contributed by atoms with Gasteiger partial charge < -0.3 is 20.6 Å². The Hall–Kier alpha value is -1.75. The quantitative estimate of drug-likeness (QED) is 0.704. The fourth-order valence-electron chi connectivity index (χ4n) is 1.39. The summed E-state index contributed by atoms with van der Waals surface area (Å²) in [5.74, 6) is 0. The summed E-state index contributed by atoms with van der Waals surface area (Å²) < 4.78 is 5.50. The van der Waals surface area contributed by atoms with Crippen LogP contribution in [-0.2, 0) is 0 Å². The minimum atomic E-state index is -0.209. The number of aromatic nitrogens is 1. The van der Waals surface area contributed by atoms with E-state index in [2.05, 4.69) is 10.3 Å². The normalized spacial score (nSPS) is 11.9. The summed E-state index contributed by atoms with van der Waals surface area (Å²) in [5, 5.41) is 12.2. The number of nitrogens with two attached hydrogens (primary N) is 1. The molecule has 0 aliphatic heterocycles. The fraction of sp³-hybridized carbons (Fsp3) is 0.417. The van der Waals surface area contributed by atoms with Crippen molar-refractivity contribution in [2.45, 2.75) is 13.8 Å². The zero-order valence-corrected chi connectivity index (χ0v) is 10.0. The molecule has 0 atom stereocenters. The summed E-state index contributed by atoms with van der Waals surface area (Å²) in [6.07, 6.45) is 0. The van der Waals surface area contributed by atoms with E-state index in [0.717, 1.165) is 5.52 Å². The van der Waals surface area contributed by atoms with E-state index in [1.807, 2.05) is 13.8 Å². The van der Waals surface area contributed by atoms with Crippen LogP contribution in [0.3, 0.4) is 0 Å². The van der Waals surface area contributed by atoms with E-state index in [1.54, 1.807) is 18.2 Å². The Bertz CT molecular complexity index is 519. The van der Waals surface area contributed by atoms with E-state index in [1.165, 1.54) is 0 Å². The van der Waals surface area contributed by atoms with Crippen molar-refractivity contribution in [3.05, 3.63) is 18.2 Å². The molecular weight excluding hydrogens is 218 g/mol. The predicted octanol–water partition coefficient (Wildman–Crippen LogP) is 1.84. The van der Waals surface area contributed by atoms with Crippen LogP contribution in [0, 0.1) is 5.41 Å². The Balaban J connectivity index is 2.15. The van der Waals surface area contributed by atoms with Gasteiger partial charge in [-0.2, -0.15) is 4.98 Å². The number of nitrogen functional groups attached to an aromatic ring is 1. The maximum Gasteiger partial charge on any atom is 0.295 e. The summed E-state index contributed by atoms with van der Waals surface area (Å²) in [6, 6.07) is 5.78. The lowest BCUT2D eigenvalue weighted by molar-refractivity contribution is 0.170. The molecule has 4 N–H and O–H groups in total. The molecule has 2 aromatic rings. The minimum Gasteiger partial charge on any atom is -0.424 e. The van der Waals surface area contributed by atoms with Gasteiger partial charge in [0.1, 0.15) is 5.52 Å². The Kier molecular flexibility index (Phi) is 2.93. The van der Waals surface area contributed by atoms with Gasteiger partial charge in [-0.1, -0.05) is 13.8 Å². The van der Waals surface area contributed by atoms with Gasteiger partial charge in [-0.25, -0.2) is 0 Å². The van der Waals surface area contributed by atoms with Gasteiger partial charge in [0.15, 0.2) is 5.58 Å². The summed E-state index contributed by atoms with van der Waals surface area (Å²) in [7, 11) is 0. The molecule has 0 saturated heterocycles. The summed E-state index contributed by atoms with van der Waals surface area (Å²) in [4.78, 5) is 4.27. The number of hydrogen-bond donors (Lipinski definition) is 3. The van der Waals surface area contributed by atoms with E-state index >= 15 is 0 Å². The Morgan fingerprint density at radius 3 is 2.94 bits per heavy atom. The number of oxazole rings is 1. The molecule has 5 heteroatoms. The van der Waals surface area contributed by atoms with Gasteiger partial charge in [0.05, 0.1) is 0 Å². The van der Waals surface area contributed by atoms with Crippen LogP contribution in [0.2, 0.25) is 0 Å². The first-order valence-corrected chi connectivity index (χ1v) is 5.51. The van der Waals surface area contributed by atoms with Gasteiger partial charge in [-0.15, -0.1) is 0 Å². The van der Waals surface area contributed by atoms with Crippen molar-refractivity contribution < 1.29 is 9.52 Å². The third-order valence-corrected chi connectivity index (χ3v) is 2.56. The second-order valence-electron chi connectivity index (χ2n) is 4.92. The number of benzene rings is 1. The molecule has 2 rings (SSSR count). The Morgan fingerprint density at radius 2 is 2.24 bits per heavy atom. The van der Waals surface area contributed by atoms with Crippen molar-refractivity contribution in [1.29, 1.82) is 0 Å². The second-order valence-corrected chi connectivity index (χ2v) is 4.92. The number of rotatable bonds is 4. The molecule has 0 radical (unpaired) electrons. The molecule has 1 aromatic heterocycles. The van der Waals surface area contributed by atoms with Gasteiger partial charge in [0.2, 0.25) is 0 Å². The highest BCUT2D eigenvalue weighted by Crippen LogP contribution is 2.22. The van der Waals surface area contributed by atoms with Gasteiger partial charge in [-0.05, 0) is 18.2 Å². The van der Waals surface area contributed by atoms with Crippen LogP contribution in [0.1, 0.15) is 13.8 Å². The lowest BCUT2D eigenvalue weighted by atomic mass is 9.95. The highest BCUT2D eigenvalue weighted by atomic mass is 16.4. The van der Waals surface area contributed by atoms with Gasteiger partial charge in [0.25, 0.3) is 6.01 Å². The van der Waals surface area contributed by atoms with Crippen molar-refractivity contribution in [3.8, 4) is 0 Å². The maximum absolute atomic E-state index is 9.14. The van der Waals surface area contributed by atoms with E-state index in [9.17, 15) is 0 Å². The first-order valence-electron chi connectivity index (χ1n) is 5.51. The smallest absolute Gasteiger partial charge is 0.295 e. The average molecular weight is 235 g/mol. The second kappa shape index (κ2) is 4.25. The van der Waals surface area contributed by atoms with Gasteiger partial charge in [0, 0.05) is 24.3 Å². The molecule has 17 heavy (non-hydrogen) atoms. The highest BCUT2D eigenvalue weighted by Gasteiger charge is 2.17. The van der Waals surface area contributed by atoms with Crippen LogP contribution in [0.4, 0.5) is 11.7 Å². The number of aliphatic hydroxyl groups excluding tert-OH is 1. The topological polar surface area (TPSA) is 84.3 Å². The van der Waals surface area contributed by atoms with Crippen molar-refractivity contribution in [2.24, 2.45) is 5.41 Å². The summed E-state index contributed by atoms with van der Waals surface area (Å²) in [5.41, 5.74) is 7.54. The zero-order valence-electron chi connectivity index (χ0n) is 10.0. The van der Waals surface area contributed by atoms with Crippen LogP contribution >= 0.6 is 0 Å². The molecule has 92 valence electrons. The lowest BCUT2D eigenvalue weighted by Gasteiger charge is -2.20. The molecule has 0 saturated carbocycles. The third-order valence-electron chi connectivity index (χ3n) is 2.56. The molecule has 0 unspecified atom stereocenters. The van der Waals surface area contributed by atoms with Gasteiger partial charge in [-0.3, -0.25) is 0 Å². The molecule has 0 spiro atoms. The van der Waals surface area contributed by atoms with E-state index in [-0.39, 0.29) is 12.0 Å². The van der Waals surface area contributed by atoms with Crippen molar-refractivity contribution in [3.63, 3.8) is 0 Å². The largest absolute Gasteiger partial charge is 0.424 e. The first kappa shape index (κ1) is 11.7. The summed E-state index contributed by atoms with van der Waals surface area (Å²) in [6.45, 7) is 4.61. The molecular formula is C12H17N3O2. The maximum atomic E-state index is 9.14. The van der Waals surface area contributed by atoms with Crippen LogP contribution in [0.15, 0.2) is 22.6 Å². The predicted molar refractivity (Wildman–Crippen MR) is 67.8 cm³/mol. The van der Waals surface area contributed by atoms with Crippen molar-refractivity contribution >= 4 is 22.8 Å². The molecule has 0 bridgehead atoms. The highest BCUT2D eigenvalue weighted by molar-refractivity contribution is 5.78. The molecule has 0 aliphatic carbocycles. The van der Waals surface area contributed by atoms with E-state index in [4.69, 9.17) is 15.3 Å². The number of anilines is 2. The van der Waals surface area contributed by atoms with Gasteiger partial charge >= 0.3 is 0 Å². The van der Waals surface area contributed by atoms with Crippen molar-refractivity contribution in [1.82, 2.24) is 4.98 Å². The van der Waals surface area contributed by atoms with Crippen LogP contribution < -0.4 is 11.1 Å². The first-order chi connectivity index (χ1) is 8.00. The monoisotopic (exact) mass is 235 g/mol. The lowest BCUT2D eigenvalue weighted by Crippen LogP contribution is -2.26. The summed E-state index contributed by atoms with van der Waals surface area (Å²) >= 11 is 0. The van der Waals surface area contributed by atoms with E-state index < -0.39 is 0 Å². The zero-order chi connectivity index (χ0) is 12.5. The Morgan fingerprint density at radius 1 is 1.47 bits per heavy atom. The van der Waals surface area contributed by atoms with E-state index in [0.29, 0.717) is 23.8 Å². The molecule has 1 aromatic carbocycles. The number of aliphatic hydroxyl groups is 1. The number of nitrogens with zero attached hydrogens (tertiary/aromatic N) is 1. The minimum absolute atomic E-state index is 0.104. The Labute approximate surface area is 99.6 Å².